The number of hydrogen-bond donors (Lipinski definition) is 0. The first-order valence-electron chi connectivity index (χ1n) is 8.57. The molecule has 0 saturated carbocycles. The van der Waals surface area contributed by atoms with Crippen molar-refractivity contribution in [1.29, 1.82) is 0 Å². The largest absolute Gasteiger partial charge is 0.475 e. The van der Waals surface area contributed by atoms with Gasteiger partial charge in [-0.25, -0.2) is 4.98 Å². The molecular formula is C19H18F3N3O3. The molecule has 1 amide bonds. The molecule has 0 spiro atoms. The molecule has 3 rings (SSSR count). The van der Waals surface area contributed by atoms with E-state index < -0.39 is 17.8 Å². The second-order valence-corrected chi connectivity index (χ2v) is 6.06. The van der Waals surface area contributed by atoms with Gasteiger partial charge < -0.3 is 14.4 Å². The van der Waals surface area contributed by atoms with Crippen LogP contribution in [0, 0.1) is 0 Å². The number of carbonyl (C=O) groups excluding carboxylic acids is 1. The Morgan fingerprint density at radius 3 is 2.82 bits per heavy atom. The van der Waals surface area contributed by atoms with Crippen molar-refractivity contribution in [2.24, 2.45) is 0 Å². The second-order valence-electron chi connectivity index (χ2n) is 6.06. The average molecular weight is 393 g/mol. The lowest BCUT2D eigenvalue weighted by molar-refractivity contribution is -0.137. The minimum absolute atomic E-state index is 0.0649. The van der Waals surface area contributed by atoms with Crippen LogP contribution >= 0.6 is 0 Å². The number of amides is 1. The average Bonchev–Trinajstić information content (AvgIpc) is 2.71. The number of pyridine rings is 2. The van der Waals surface area contributed by atoms with E-state index in [-0.39, 0.29) is 18.4 Å². The summed E-state index contributed by atoms with van der Waals surface area (Å²) >= 11 is 0. The summed E-state index contributed by atoms with van der Waals surface area (Å²) in [7, 11) is 0. The van der Waals surface area contributed by atoms with Crippen molar-refractivity contribution in [3.05, 3.63) is 60.1 Å². The molecule has 9 heteroatoms. The lowest BCUT2D eigenvalue weighted by atomic mass is 10.2. The summed E-state index contributed by atoms with van der Waals surface area (Å²) in [5, 5.41) is 0. The Balaban J connectivity index is 1.50. The minimum Gasteiger partial charge on any atom is -0.475 e. The maximum atomic E-state index is 12.5. The van der Waals surface area contributed by atoms with Crippen LogP contribution < -0.4 is 4.74 Å². The van der Waals surface area contributed by atoms with Gasteiger partial charge in [0.15, 0.2) is 0 Å². The van der Waals surface area contributed by atoms with Gasteiger partial charge in [0.1, 0.15) is 12.7 Å². The van der Waals surface area contributed by atoms with Gasteiger partial charge in [-0.15, -0.1) is 0 Å². The molecule has 1 atom stereocenters. The monoisotopic (exact) mass is 393 g/mol. The van der Waals surface area contributed by atoms with Crippen LogP contribution in [0.2, 0.25) is 0 Å². The van der Waals surface area contributed by atoms with Crippen LogP contribution in [0.1, 0.15) is 11.3 Å². The van der Waals surface area contributed by atoms with Gasteiger partial charge in [-0.3, -0.25) is 9.78 Å². The Morgan fingerprint density at radius 2 is 2.14 bits per heavy atom. The van der Waals surface area contributed by atoms with Crippen molar-refractivity contribution >= 4 is 12.0 Å². The van der Waals surface area contributed by atoms with Crippen LogP contribution in [0.5, 0.6) is 5.88 Å². The Bertz CT molecular complexity index is 811. The van der Waals surface area contributed by atoms with Crippen molar-refractivity contribution in [2.75, 3.05) is 26.3 Å². The van der Waals surface area contributed by atoms with Crippen molar-refractivity contribution in [1.82, 2.24) is 14.9 Å². The third kappa shape index (κ3) is 5.53. The highest BCUT2D eigenvalue weighted by Gasteiger charge is 2.31. The molecule has 1 aliphatic rings. The Kier molecular flexibility index (Phi) is 6.25. The van der Waals surface area contributed by atoms with Crippen LogP contribution in [-0.4, -0.2) is 53.2 Å². The van der Waals surface area contributed by atoms with E-state index in [2.05, 4.69) is 9.97 Å². The molecule has 3 heterocycles. The fourth-order valence-corrected chi connectivity index (χ4v) is 2.57. The zero-order valence-electron chi connectivity index (χ0n) is 14.8. The Labute approximate surface area is 159 Å². The highest BCUT2D eigenvalue weighted by molar-refractivity contribution is 5.91. The lowest BCUT2D eigenvalue weighted by Gasteiger charge is -2.32. The van der Waals surface area contributed by atoms with E-state index in [1.807, 2.05) is 6.07 Å². The topological polar surface area (TPSA) is 64.6 Å². The van der Waals surface area contributed by atoms with Crippen LogP contribution in [0.25, 0.3) is 6.08 Å². The van der Waals surface area contributed by atoms with Crippen LogP contribution in [-0.2, 0) is 15.7 Å². The number of morpholine rings is 1. The summed E-state index contributed by atoms with van der Waals surface area (Å²) in [6.07, 6.45) is 0.599. The number of aromatic nitrogens is 2. The summed E-state index contributed by atoms with van der Waals surface area (Å²) in [5.74, 6) is -0.110. The number of carbonyl (C=O) groups is 1. The number of ether oxygens (including phenoxy) is 2. The van der Waals surface area contributed by atoms with Gasteiger partial charge >= 0.3 is 6.18 Å². The SMILES string of the molecule is O=C(C=Cc1ccccn1)N1CCOC(COc2ccc(C(F)(F)F)cn2)C1. The van der Waals surface area contributed by atoms with E-state index in [1.54, 1.807) is 29.3 Å². The van der Waals surface area contributed by atoms with Gasteiger partial charge in [-0.2, -0.15) is 13.2 Å². The second kappa shape index (κ2) is 8.83. The normalized spacial score (nSPS) is 17.7. The lowest BCUT2D eigenvalue weighted by Crippen LogP contribution is -2.47. The highest BCUT2D eigenvalue weighted by atomic mass is 19.4. The van der Waals surface area contributed by atoms with Crippen LogP contribution in [0.3, 0.4) is 0 Å². The van der Waals surface area contributed by atoms with Gasteiger partial charge in [0, 0.05) is 31.1 Å². The maximum Gasteiger partial charge on any atom is 0.417 e. The first-order valence-corrected chi connectivity index (χ1v) is 8.57. The summed E-state index contributed by atoms with van der Waals surface area (Å²) < 4.78 is 48.6. The molecule has 28 heavy (non-hydrogen) atoms. The predicted octanol–water partition coefficient (Wildman–Crippen LogP) is 2.82. The molecular weight excluding hydrogens is 375 g/mol. The molecule has 0 radical (unpaired) electrons. The third-order valence-electron chi connectivity index (χ3n) is 4.02. The van der Waals surface area contributed by atoms with E-state index in [0.29, 0.717) is 25.4 Å². The molecule has 2 aromatic rings. The standard InChI is InChI=1S/C19H18F3N3O3/c20-19(21,22)14-4-6-17(24-11-14)28-13-16-12-25(9-10-27-16)18(26)7-5-15-3-1-2-8-23-15/h1-8,11,16H,9-10,12-13H2. The van der Waals surface area contributed by atoms with Crippen LogP contribution in [0.4, 0.5) is 13.2 Å². The molecule has 148 valence electrons. The van der Waals surface area contributed by atoms with Crippen molar-refractivity contribution < 1.29 is 27.4 Å². The molecule has 0 aliphatic carbocycles. The number of rotatable bonds is 5. The van der Waals surface area contributed by atoms with E-state index >= 15 is 0 Å². The molecule has 1 unspecified atom stereocenters. The zero-order chi connectivity index (χ0) is 20.0. The van der Waals surface area contributed by atoms with Crippen molar-refractivity contribution in [3.63, 3.8) is 0 Å². The van der Waals surface area contributed by atoms with Crippen molar-refractivity contribution in [3.8, 4) is 5.88 Å². The molecule has 0 aromatic carbocycles. The van der Waals surface area contributed by atoms with Crippen LogP contribution in [0.15, 0.2) is 48.8 Å². The summed E-state index contributed by atoms with van der Waals surface area (Å²) in [5.41, 5.74) is -0.164. The minimum atomic E-state index is -4.44. The molecule has 6 nitrogen and oxygen atoms in total. The molecule has 2 aromatic heterocycles. The first kappa shape index (κ1) is 19.8. The summed E-state index contributed by atoms with van der Waals surface area (Å²) in [6, 6.07) is 7.47. The van der Waals surface area contributed by atoms with E-state index in [9.17, 15) is 18.0 Å². The zero-order valence-corrected chi connectivity index (χ0v) is 14.8. The van der Waals surface area contributed by atoms with Gasteiger partial charge in [-0.05, 0) is 24.3 Å². The molecule has 1 saturated heterocycles. The molecule has 0 N–H and O–H groups in total. The maximum absolute atomic E-state index is 12.5. The van der Waals surface area contributed by atoms with E-state index in [1.165, 1.54) is 6.08 Å². The molecule has 1 fully saturated rings. The van der Waals surface area contributed by atoms with E-state index in [0.717, 1.165) is 18.3 Å². The predicted molar refractivity (Wildman–Crippen MR) is 94.3 cm³/mol. The Hall–Kier alpha value is -2.94. The number of alkyl halides is 3. The number of nitrogens with zero attached hydrogens (tertiary/aromatic N) is 3. The van der Waals surface area contributed by atoms with Crippen molar-refractivity contribution in [2.45, 2.75) is 12.3 Å². The first-order chi connectivity index (χ1) is 13.4. The summed E-state index contributed by atoms with van der Waals surface area (Å²) in [6.45, 7) is 1.18. The fourth-order valence-electron chi connectivity index (χ4n) is 2.57. The molecule has 1 aliphatic heterocycles. The third-order valence-corrected chi connectivity index (χ3v) is 4.02. The Morgan fingerprint density at radius 1 is 1.29 bits per heavy atom. The number of hydrogen-bond acceptors (Lipinski definition) is 5. The fraction of sp³-hybridized carbons (Fsp3) is 0.316. The van der Waals surface area contributed by atoms with Gasteiger partial charge in [-0.1, -0.05) is 6.07 Å². The highest BCUT2D eigenvalue weighted by Crippen LogP contribution is 2.29. The number of halogens is 3. The smallest absolute Gasteiger partial charge is 0.417 e. The summed E-state index contributed by atoms with van der Waals surface area (Å²) in [4.78, 5) is 21.7. The quantitative estimate of drug-likeness (QED) is 0.731. The van der Waals surface area contributed by atoms with Gasteiger partial charge in [0.05, 0.1) is 24.4 Å². The van der Waals surface area contributed by atoms with Gasteiger partial charge in [0.2, 0.25) is 11.8 Å². The molecule has 0 bridgehead atoms. The van der Waals surface area contributed by atoms with E-state index in [4.69, 9.17) is 9.47 Å². The van der Waals surface area contributed by atoms with Gasteiger partial charge in [0.25, 0.3) is 0 Å².